The number of hydrogen-bond acceptors (Lipinski definition) is 0. The molecule has 0 radical (unpaired) electrons. The first-order valence-electron chi connectivity index (χ1n) is 10.4. The molecule has 0 aliphatic heterocycles. The van der Waals surface area contributed by atoms with Gasteiger partial charge in [0.05, 0.1) is 0 Å². The number of unbranched alkanes of at least 4 members (excludes halogenated alkanes) is 6. The van der Waals surface area contributed by atoms with Crippen LogP contribution < -0.4 is 0 Å². The Morgan fingerprint density at radius 2 is 1.25 bits per heavy atom. The van der Waals surface area contributed by atoms with Gasteiger partial charge in [-0.15, -0.1) is 0 Å². The highest BCUT2D eigenvalue weighted by Gasteiger charge is 2.04. The summed E-state index contributed by atoms with van der Waals surface area (Å²) < 4.78 is 0. The molecule has 0 N–H and O–H groups in total. The Hall–Kier alpha value is -1.04. The van der Waals surface area contributed by atoms with Gasteiger partial charge in [-0.25, -0.2) is 0 Å². The molecule has 0 saturated heterocycles. The number of hydrogen-bond donors (Lipinski definition) is 0. The maximum atomic E-state index is 2.38. The highest BCUT2D eigenvalue weighted by atomic mass is 14.1. The molecule has 0 bridgehead atoms. The molecule has 0 aromatic heterocycles. The summed E-state index contributed by atoms with van der Waals surface area (Å²) in [4.78, 5) is 0. The van der Waals surface area contributed by atoms with Crippen LogP contribution in [0.5, 0.6) is 0 Å². The van der Waals surface area contributed by atoms with E-state index in [-0.39, 0.29) is 0 Å². The average molecular weight is 331 g/mol. The molecule has 0 aliphatic rings. The lowest BCUT2D eigenvalue weighted by Gasteiger charge is -2.11. The second-order valence-electron chi connectivity index (χ2n) is 6.87. The highest BCUT2D eigenvalue weighted by molar-refractivity contribution is 5.26. The lowest BCUT2D eigenvalue weighted by molar-refractivity contribution is 0.632. The van der Waals surface area contributed by atoms with Gasteiger partial charge in [0.1, 0.15) is 0 Å². The van der Waals surface area contributed by atoms with Gasteiger partial charge in [0.25, 0.3) is 0 Å². The van der Waals surface area contributed by atoms with Gasteiger partial charge in [0.15, 0.2) is 0 Å². The van der Waals surface area contributed by atoms with Crippen LogP contribution in [-0.2, 0) is 0 Å². The lowest BCUT2D eigenvalue weighted by atomic mass is 9.94. The molecule has 0 nitrogen and oxygen atoms in total. The van der Waals surface area contributed by atoms with Crippen molar-refractivity contribution in [3.05, 3.63) is 48.1 Å². The summed E-state index contributed by atoms with van der Waals surface area (Å²) in [6.07, 6.45) is 30.2. The standard InChI is InChI=1S/C24H42/c1-5-8-11-14-16-17-20-23(4)24(21-18-13-10-7-3)22-19-15-12-9-6-2/h14-16,18-19,21-23H,5-13,17,20H2,1-4H3. The van der Waals surface area contributed by atoms with E-state index in [1.807, 2.05) is 0 Å². The van der Waals surface area contributed by atoms with Crippen molar-refractivity contribution in [2.45, 2.75) is 98.3 Å². The molecule has 0 amide bonds. The molecule has 0 fully saturated rings. The Labute approximate surface area is 152 Å². The Bertz CT molecular complexity index is 367. The first kappa shape index (κ1) is 23.0. The molecular weight excluding hydrogens is 288 g/mol. The van der Waals surface area contributed by atoms with Crippen LogP contribution in [0.1, 0.15) is 98.3 Å². The summed E-state index contributed by atoms with van der Waals surface area (Å²) in [6.45, 7) is 9.14. The van der Waals surface area contributed by atoms with Gasteiger partial charge in [-0.05, 0) is 43.6 Å². The molecule has 0 aromatic carbocycles. The number of rotatable bonds is 15. The fourth-order valence-corrected chi connectivity index (χ4v) is 2.59. The summed E-state index contributed by atoms with van der Waals surface area (Å²) in [5.41, 5.74) is 1.49. The van der Waals surface area contributed by atoms with Crippen LogP contribution in [-0.4, -0.2) is 0 Å². The van der Waals surface area contributed by atoms with Crippen molar-refractivity contribution in [1.29, 1.82) is 0 Å². The van der Waals surface area contributed by atoms with Crippen molar-refractivity contribution < 1.29 is 0 Å². The molecule has 0 heterocycles. The van der Waals surface area contributed by atoms with Gasteiger partial charge in [-0.3, -0.25) is 0 Å². The third kappa shape index (κ3) is 14.5. The van der Waals surface area contributed by atoms with Gasteiger partial charge < -0.3 is 0 Å². The van der Waals surface area contributed by atoms with Gasteiger partial charge in [-0.2, -0.15) is 0 Å². The second kappa shape index (κ2) is 18.3. The molecule has 0 aliphatic carbocycles. The number of allylic oxidation sites excluding steroid dienone is 8. The first-order chi connectivity index (χ1) is 11.8. The van der Waals surface area contributed by atoms with Crippen LogP contribution in [0, 0.1) is 5.92 Å². The van der Waals surface area contributed by atoms with E-state index in [4.69, 9.17) is 0 Å². The minimum Gasteiger partial charge on any atom is -0.0885 e. The van der Waals surface area contributed by atoms with Crippen LogP contribution in [0.25, 0.3) is 0 Å². The van der Waals surface area contributed by atoms with Crippen LogP contribution in [0.3, 0.4) is 0 Å². The van der Waals surface area contributed by atoms with Crippen LogP contribution in [0.2, 0.25) is 0 Å². The molecule has 1 atom stereocenters. The zero-order valence-electron chi connectivity index (χ0n) is 16.9. The molecule has 0 rings (SSSR count). The topological polar surface area (TPSA) is 0 Å². The molecule has 0 saturated carbocycles. The van der Waals surface area contributed by atoms with E-state index in [0.717, 1.165) is 0 Å². The van der Waals surface area contributed by atoms with Crippen LogP contribution in [0.4, 0.5) is 0 Å². The predicted molar refractivity (Wildman–Crippen MR) is 112 cm³/mol. The van der Waals surface area contributed by atoms with E-state index in [9.17, 15) is 0 Å². The molecular formula is C24H42. The summed E-state index contributed by atoms with van der Waals surface area (Å²) in [5, 5.41) is 0. The van der Waals surface area contributed by atoms with Crippen molar-refractivity contribution in [1.82, 2.24) is 0 Å². The molecule has 1 unspecified atom stereocenters. The molecule has 0 heteroatoms. The van der Waals surface area contributed by atoms with Crippen molar-refractivity contribution in [2.24, 2.45) is 5.92 Å². The maximum absolute atomic E-state index is 2.38. The molecule has 138 valence electrons. The Kier molecular flexibility index (Phi) is 17.5. The summed E-state index contributed by atoms with van der Waals surface area (Å²) in [5.74, 6) is 0.634. The van der Waals surface area contributed by atoms with E-state index < -0.39 is 0 Å². The van der Waals surface area contributed by atoms with Crippen molar-refractivity contribution in [3.63, 3.8) is 0 Å². The predicted octanol–water partition coefficient (Wildman–Crippen LogP) is 8.57. The SMILES string of the molecule is CCCCC=CC=C(C=CCCCC)C(C)CCC=CCCCC. The largest absolute Gasteiger partial charge is 0.0885 e. The van der Waals surface area contributed by atoms with Crippen LogP contribution >= 0.6 is 0 Å². The van der Waals surface area contributed by atoms with Crippen molar-refractivity contribution in [3.8, 4) is 0 Å². The Morgan fingerprint density at radius 1 is 0.708 bits per heavy atom. The quantitative estimate of drug-likeness (QED) is 0.160. The summed E-state index contributed by atoms with van der Waals surface area (Å²) in [6, 6.07) is 0. The van der Waals surface area contributed by atoms with Gasteiger partial charge >= 0.3 is 0 Å². The third-order valence-electron chi connectivity index (χ3n) is 4.41. The van der Waals surface area contributed by atoms with Gasteiger partial charge in [0.2, 0.25) is 0 Å². The van der Waals surface area contributed by atoms with E-state index in [2.05, 4.69) is 70.2 Å². The minimum atomic E-state index is 0.634. The Morgan fingerprint density at radius 3 is 1.88 bits per heavy atom. The molecule has 24 heavy (non-hydrogen) atoms. The smallest absolute Gasteiger partial charge is 0.0188 e. The zero-order chi connectivity index (χ0) is 17.9. The molecule has 0 spiro atoms. The average Bonchev–Trinajstić information content (AvgIpc) is 2.59. The van der Waals surface area contributed by atoms with E-state index in [0.29, 0.717) is 5.92 Å². The van der Waals surface area contributed by atoms with Crippen LogP contribution in [0.15, 0.2) is 48.1 Å². The lowest BCUT2D eigenvalue weighted by Crippen LogP contribution is -1.97. The van der Waals surface area contributed by atoms with Gasteiger partial charge in [0, 0.05) is 0 Å². The Balaban J connectivity index is 4.47. The zero-order valence-corrected chi connectivity index (χ0v) is 16.9. The van der Waals surface area contributed by atoms with Gasteiger partial charge in [-0.1, -0.05) is 109 Å². The van der Waals surface area contributed by atoms with E-state index >= 15 is 0 Å². The molecule has 0 aromatic rings. The van der Waals surface area contributed by atoms with Crippen molar-refractivity contribution >= 4 is 0 Å². The minimum absolute atomic E-state index is 0.634. The maximum Gasteiger partial charge on any atom is -0.0188 e. The van der Waals surface area contributed by atoms with Crippen molar-refractivity contribution in [2.75, 3.05) is 0 Å². The summed E-state index contributed by atoms with van der Waals surface area (Å²) >= 11 is 0. The third-order valence-corrected chi connectivity index (χ3v) is 4.41. The first-order valence-corrected chi connectivity index (χ1v) is 10.4. The second-order valence-corrected chi connectivity index (χ2v) is 6.87. The highest BCUT2D eigenvalue weighted by Crippen LogP contribution is 2.19. The fourth-order valence-electron chi connectivity index (χ4n) is 2.59. The summed E-state index contributed by atoms with van der Waals surface area (Å²) in [7, 11) is 0. The monoisotopic (exact) mass is 330 g/mol. The van der Waals surface area contributed by atoms with E-state index in [1.54, 1.807) is 0 Å². The normalized spacial score (nSPS) is 14.4. The fraction of sp³-hybridized carbons (Fsp3) is 0.667. The van der Waals surface area contributed by atoms with E-state index in [1.165, 1.54) is 76.2 Å².